The van der Waals surface area contributed by atoms with Crippen LogP contribution in [-0.2, 0) is 6.54 Å². The van der Waals surface area contributed by atoms with E-state index in [-0.39, 0.29) is 0 Å². The second kappa shape index (κ2) is 5.60. The van der Waals surface area contributed by atoms with Crippen LogP contribution in [0.2, 0.25) is 0 Å². The maximum atomic E-state index is 5.87. The lowest BCUT2D eigenvalue weighted by Crippen LogP contribution is -2.09. The summed E-state index contributed by atoms with van der Waals surface area (Å²) in [5.74, 6) is 1.96. The average molecular weight is 280 g/mol. The van der Waals surface area contributed by atoms with Gasteiger partial charge in [-0.3, -0.25) is 0 Å². The Kier molecular flexibility index (Phi) is 3.65. The molecule has 0 aliphatic carbocycles. The molecule has 1 aromatic heterocycles. The second-order valence-electron chi connectivity index (χ2n) is 5.39. The van der Waals surface area contributed by atoms with Crippen molar-refractivity contribution in [2.45, 2.75) is 27.3 Å². The predicted octanol–water partition coefficient (Wildman–Crippen LogP) is 4.04. The van der Waals surface area contributed by atoms with Crippen molar-refractivity contribution in [3.63, 3.8) is 0 Å². The van der Waals surface area contributed by atoms with Gasteiger partial charge in [0.15, 0.2) is 0 Å². The molecule has 0 aliphatic rings. The molecule has 3 heteroatoms. The number of hydrogen-bond donors (Lipinski definition) is 0. The van der Waals surface area contributed by atoms with Crippen LogP contribution in [0.3, 0.4) is 0 Å². The average Bonchev–Trinajstić information content (AvgIpc) is 2.79. The quantitative estimate of drug-likeness (QED) is 0.721. The lowest BCUT2D eigenvalue weighted by molar-refractivity contribution is 0.298. The van der Waals surface area contributed by atoms with Crippen molar-refractivity contribution in [3.05, 3.63) is 59.4 Å². The minimum Gasteiger partial charge on any atom is -0.492 e. The SMILES string of the molecule is Cc1ccc(OCCn2c(C)nc3ccccc32)cc1C. The zero-order chi connectivity index (χ0) is 14.8. The maximum absolute atomic E-state index is 5.87. The number of imidazole rings is 1. The Morgan fingerprint density at radius 3 is 2.62 bits per heavy atom. The van der Waals surface area contributed by atoms with Gasteiger partial charge in [0, 0.05) is 0 Å². The molecule has 3 aromatic rings. The van der Waals surface area contributed by atoms with E-state index >= 15 is 0 Å². The van der Waals surface area contributed by atoms with E-state index in [1.165, 1.54) is 16.6 Å². The van der Waals surface area contributed by atoms with Crippen LogP contribution < -0.4 is 4.74 Å². The van der Waals surface area contributed by atoms with Gasteiger partial charge in [-0.2, -0.15) is 0 Å². The normalized spacial score (nSPS) is 11.0. The monoisotopic (exact) mass is 280 g/mol. The Bertz CT molecular complexity index is 774. The van der Waals surface area contributed by atoms with Crippen LogP contribution in [0.5, 0.6) is 5.75 Å². The molecule has 0 amide bonds. The van der Waals surface area contributed by atoms with E-state index in [4.69, 9.17) is 4.74 Å². The first-order valence-corrected chi connectivity index (χ1v) is 7.27. The summed E-state index contributed by atoms with van der Waals surface area (Å²) < 4.78 is 8.08. The highest BCUT2D eigenvalue weighted by molar-refractivity contribution is 5.75. The molecule has 0 fully saturated rings. The fraction of sp³-hybridized carbons (Fsp3) is 0.278. The van der Waals surface area contributed by atoms with Crippen LogP contribution in [0, 0.1) is 20.8 Å². The van der Waals surface area contributed by atoms with Gasteiger partial charge in [0.25, 0.3) is 0 Å². The molecule has 0 N–H and O–H groups in total. The van der Waals surface area contributed by atoms with Gasteiger partial charge >= 0.3 is 0 Å². The summed E-state index contributed by atoms with van der Waals surface area (Å²) in [7, 11) is 0. The van der Waals surface area contributed by atoms with Gasteiger partial charge < -0.3 is 9.30 Å². The number of fused-ring (bicyclic) bond motifs is 1. The van der Waals surface area contributed by atoms with E-state index in [1.807, 2.05) is 31.2 Å². The molecule has 0 spiro atoms. The van der Waals surface area contributed by atoms with Gasteiger partial charge in [0.05, 0.1) is 17.6 Å². The number of ether oxygens (including phenoxy) is 1. The molecular weight excluding hydrogens is 260 g/mol. The number of hydrogen-bond acceptors (Lipinski definition) is 2. The first-order valence-electron chi connectivity index (χ1n) is 7.27. The highest BCUT2D eigenvalue weighted by Crippen LogP contribution is 2.18. The molecule has 108 valence electrons. The van der Waals surface area contributed by atoms with E-state index < -0.39 is 0 Å². The van der Waals surface area contributed by atoms with Crippen molar-refractivity contribution in [2.24, 2.45) is 0 Å². The van der Waals surface area contributed by atoms with Gasteiger partial charge in [-0.25, -0.2) is 4.98 Å². The van der Waals surface area contributed by atoms with Crippen LogP contribution >= 0.6 is 0 Å². The highest BCUT2D eigenvalue weighted by Gasteiger charge is 2.06. The molecule has 0 atom stereocenters. The lowest BCUT2D eigenvalue weighted by atomic mass is 10.1. The van der Waals surface area contributed by atoms with E-state index in [1.54, 1.807) is 0 Å². The van der Waals surface area contributed by atoms with Gasteiger partial charge in [-0.05, 0) is 56.2 Å². The summed E-state index contributed by atoms with van der Waals surface area (Å²) >= 11 is 0. The zero-order valence-corrected chi connectivity index (χ0v) is 12.8. The predicted molar refractivity (Wildman–Crippen MR) is 85.9 cm³/mol. The summed E-state index contributed by atoms with van der Waals surface area (Å²) in [6.07, 6.45) is 0. The Labute approximate surface area is 125 Å². The first-order chi connectivity index (χ1) is 10.1. The number of aryl methyl sites for hydroxylation is 3. The lowest BCUT2D eigenvalue weighted by Gasteiger charge is -2.10. The van der Waals surface area contributed by atoms with Gasteiger partial charge in [-0.1, -0.05) is 18.2 Å². The fourth-order valence-corrected chi connectivity index (χ4v) is 2.54. The molecule has 0 unspecified atom stereocenters. The van der Waals surface area contributed by atoms with Crippen LogP contribution in [0.4, 0.5) is 0 Å². The molecule has 0 bridgehead atoms. The fourth-order valence-electron chi connectivity index (χ4n) is 2.54. The molecule has 0 aliphatic heterocycles. The number of nitrogens with zero attached hydrogens (tertiary/aromatic N) is 2. The van der Waals surface area contributed by atoms with Crippen molar-refractivity contribution < 1.29 is 4.74 Å². The number of para-hydroxylation sites is 2. The van der Waals surface area contributed by atoms with Crippen LogP contribution in [0.15, 0.2) is 42.5 Å². The first kappa shape index (κ1) is 13.7. The van der Waals surface area contributed by atoms with E-state index in [0.717, 1.165) is 23.6 Å². The Hall–Kier alpha value is -2.29. The minimum atomic E-state index is 0.643. The third-order valence-electron chi connectivity index (χ3n) is 3.91. The Morgan fingerprint density at radius 2 is 1.81 bits per heavy atom. The van der Waals surface area contributed by atoms with Crippen LogP contribution in [0.1, 0.15) is 17.0 Å². The third-order valence-corrected chi connectivity index (χ3v) is 3.91. The largest absolute Gasteiger partial charge is 0.492 e. The molecule has 3 rings (SSSR count). The molecule has 0 saturated heterocycles. The van der Waals surface area contributed by atoms with E-state index in [0.29, 0.717) is 6.61 Å². The summed E-state index contributed by atoms with van der Waals surface area (Å²) in [5, 5.41) is 0. The summed E-state index contributed by atoms with van der Waals surface area (Å²) in [4.78, 5) is 4.57. The van der Waals surface area contributed by atoms with Gasteiger partial charge in [-0.15, -0.1) is 0 Å². The van der Waals surface area contributed by atoms with E-state index in [9.17, 15) is 0 Å². The molecular formula is C18H20N2O. The van der Waals surface area contributed by atoms with Crippen LogP contribution in [-0.4, -0.2) is 16.2 Å². The molecule has 2 aromatic carbocycles. The molecule has 0 radical (unpaired) electrons. The molecule has 1 heterocycles. The minimum absolute atomic E-state index is 0.643. The van der Waals surface area contributed by atoms with Crippen molar-refractivity contribution in [1.82, 2.24) is 9.55 Å². The highest BCUT2D eigenvalue weighted by atomic mass is 16.5. The summed E-state index contributed by atoms with van der Waals surface area (Å²) in [6, 6.07) is 14.4. The number of benzene rings is 2. The van der Waals surface area contributed by atoms with Crippen molar-refractivity contribution in [3.8, 4) is 5.75 Å². The van der Waals surface area contributed by atoms with Crippen molar-refractivity contribution >= 4 is 11.0 Å². The third kappa shape index (κ3) is 2.77. The number of rotatable bonds is 4. The summed E-state index contributed by atoms with van der Waals surface area (Å²) in [6.45, 7) is 7.70. The molecule has 3 nitrogen and oxygen atoms in total. The van der Waals surface area contributed by atoms with Gasteiger partial charge in [0.1, 0.15) is 18.2 Å². The van der Waals surface area contributed by atoms with Crippen molar-refractivity contribution in [1.29, 1.82) is 0 Å². The smallest absolute Gasteiger partial charge is 0.119 e. The molecule has 21 heavy (non-hydrogen) atoms. The Balaban J connectivity index is 1.72. The standard InChI is InChI=1S/C18H20N2O/c1-13-8-9-16(12-14(13)2)21-11-10-20-15(3)19-17-6-4-5-7-18(17)20/h4-9,12H,10-11H2,1-3H3. The summed E-state index contributed by atoms with van der Waals surface area (Å²) in [5.41, 5.74) is 4.76. The van der Waals surface area contributed by atoms with E-state index in [2.05, 4.69) is 41.6 Å². The zero-order valence-electron chi connectivity index (χ0n) is 12.8. The second-order valence-corrected chi connectivity index (χ2v) is 5.39. The van der Waals surface area contributed by atoms with Crippen LogP contribution in [0.25, 0.3) is 11.0 Å². The van der Waals surface area contributed by atoms with Crippen molar-refractivity contribution in [2.75, 3.05) is 6.61 Å². The maximum Gasteiger partial charge on any atom is 0.119 e. The molecule has 0 saturated carbocycles. The Morgan fingerprint density at radius 1 is 1.00 bits per heavy atom. The topological polar surface area (TPSA) is 27.1 Å². The number of aromatic nitrogens is 2. The van der Waals surface area contributed by atoms with Gasteiger partial charge in [0.2, 0.25) is 0 Å².